The molecule has 0 aliphatic carbocycles. The zero-order valence-electron chi connectivity index (χ0n) is 15.5. The number of nitrogens with zero attached hydrogens (tertiary/aromatic N) is 2. The molecule has 0 saturated carbocycles. The molecule has 0 aliphatic heterocycles. The summed E-state index contributed by atoms with van der Waals surface area (Å²) in [5.74, 6) is -0.871. The molecule has 156 valence electrons. The van der Waals surface area contributed by atoms with E-state index in [4.69, 9.17) is 0 Å². The van der Waals surface area contributed by atoms with Gasteiger partial charge in [-0.2, -0.15) is 13.2 Å². The number of nitrogens with one attached hydrogen (secondary N) is 2. The summed E-state index contributed by atoms with van der Waals surface area (Å²) in [6.07, 6.45) is -4.54. The second-order valence-electron chi connectivity index (χ2n) is 6.11. The number of anilines is 2. The Morgan fingerprint density at radius 1 is 1.07 bits per heavy atom. The van der Waals surface area contributed by atoms with Crippen LogP contribution >= 0.6 is 23.1 Å². The number of hydrogen-bond donors (Lipinski definition) is 2. The van der Waals surface area contributed by atoms with Gasteiger partial charge in [-0.1, -0.05) is 46.9 Å². The predicted molar refractivity (Wildman–Crippen MR) is 110 cm³/mol. The van der Waals surface area contributed by atoms with Gasteiger partial charge in [0.15, 0.2) is 4.34 Å². The predicted octanol–water partition coefficient (Wildman–Crippen LogP) is 4.85. The van der Waals surface area contributed by atoms with Crippen molar-refractivity contribution in [1.29, 1.82) is 0 Å². The highest BCUT2D eigenvalue weighted by Gasteiger charge is 2.31. The molecule has 0 unspecified atom stereocenters. The number of halogens is 3. The van der Waals surface area contributed by atoms with E-state index >= 15 is 0 Å². The second-order valence-corrected chi connectivity index (χ2v) is 8.31. The summed E-state index contributed by atoms with van der Waals surface area (Å²) in [6.45, 7) is 1.94. The number of amides is 2. The van der Waals surface area contributed by atoms with Crippen LogP contribution in [0.2, 0.25) is 0 Å². The molecule has 0 radical (unpaired) electrons. The molecule has 1 aromatic heterocycles. The molecule has 2 N–H and O–H groups in total. The number of thioether (sulfide) groups is 1. The maximum Gasteiger partial charge on any atom is 0.416 e. The fourth-order valence-electron chi connectivity index (χ4n) is 2.29. The minimum Gasteiger partial charge on any atom is -0.325 e. The van der Waals surface area contributed by atoms with Gasteiger partial charge >= 0.3 is 6.18 Å². The van der Waals surface area contributed by atoms with Crippen LogP contribution in [0.1, 0.15) is 21.5 Å². The summed E-state index contributed by atoms with van der Waals surface area (Å²) in [6, 6.07) is 11.4. The minimum absolute atomic E-state index is 0.0874. The van der Waals surface area contributed by atoms with Gasteiger partial charge in [0.05, 0.1) is 11.3 Å². The fraction of sp³-hybridized carbons (Fsp3) is 0.158. The molecule has 2 aromatic carbocycles. The highest BCUT2D eigenvalue weighted by Crippen LogP contribution is 2.30. The third-order valence-corrected chi connectivity index (χ3v) is 5.71. The van der Waals surface area contributed by atoms with E-state index in [0.29, 0.717) is 10.0 Å². The maximum absolute atomic E-state index is 12.8. The van der Waals surface area contributed by atoms with E-state index in [1.165, 1.54) is 6.07 Å². The molecule has 3 aromatic rings. The van der Waals surface area contributed by atoms with E-state index in [0.717, 1.165) is 46.9 Å². The van der Waals surface area contributed by atoms with Crippen molar-refractivity contribution in [3.8, 4) is 0 Å². The maximum atomic E-state index is 12.8. The molecule has 0 fully saturated rings. The van der Waals surface area contributed by atoms with Crippen LogP contribution in [0.3, 0.4) is 0 Å². The van der Waals surface area contributed by atoms with Crippen LogP contribution < -0.4 is 10.6 Å². The van der Waals surface area contributed by atoms with Crippen molar-refractivity contribution >= 4 is 45.7 Å². The molecule has 1 heterocycles. The Morgan fingerprint density at radius 3 is 2.50 bits per heavy atom. The number of aromatic nitrogens is 2. The summed E-state index contributed by atoms with van der Waals surface area (Å²) in [5.41, 5.74) is 0.698. The topological polar surface area (TPSA) is 84.0 Å². The van der Waals surface area contributed by atoms with E-state index in [1.54, 1.807) is 12.1 Å². The van der Waals surface area contributed by atoms with E-state index < -0.39 is 17.6 Å². The largest absolute Gasteiger partial charge is 0.416 e. The smallest absolute Gasteiger partial charge is 0.325 e. The quantitative estimate of drug-likeness (QED) is 0.413. The van der Waals surface area contributed by atoms with Crippen molar-refractivity contribution in [2.45, 2.75) is 17.4 Å². The Morgan fingerprint density at radius 2 is 1.80 bits per heavy atom. The van der Waals surface area contributed by atoms with E-state index in [9.17, 15) is 22.8 Å². The number of benzene rings is 2. The first-order chi connectivity index (χ1) is 14.2. The molecular weight excluding hydrogens is 437 g/mol. The standard InChI is InChI=1S/C19H15F3N4O2S2/c1-11-5-7-14(8-6-11)23-15(27)10-29-18-26-25-17(30-18)24-16(28)12-3-2-4-13(9-12)19(20,21)22/h2-9H,10H2,1H3,(H,23,27)(H,24,25,28). The van der Waals surface area contributed by atoms with Crippen LogP contribution in [0.15, 0.2) is 52.9 Å². The molecule has 0 aliphatic rings. The lowest BCUT2D eigenvalue weighted by Crippen LogP contribution is -2.13. The third kappa shape index (κ3) is 6.04. The lowest BCUT2D eigenvalue weighted by molar-refractivity contribution is -0.137. The van der Waals surface area contributed by atoms with Gasteiger partial charge in [0.2, 0.25) is 11.0 Å². The van der Waals surface area contributed by atoms with Crippen LogP contribution in [-0.2, 0) is 11.0 Å². The van der Waals surface area contributed by atoms with Crippen molar-refractivity contribution in [2.75, 3.05) is 16.4 Å². The third-order valence-electron chi connectivity index (χ3n) is 3.74. The van der Waals surface area contributed by atoms with Crippen molar-refractivity contribution in [2.24, 2.45) is 0 Å². The van der Waals surface area contributed by atoms with Gasteiger partial charge in [0, 0.05) is 11.3 Å². The fourth-order valence-corrected chi connectivity index (χ4v) is 3.83. The molecule has 2 amide bonds. The molecule has 6 nitrogen and oxygen atoms in total. The summed E-state index contributed by atoms with van der Waals surface area (Å²) in [4.78, 5) is 24.2. The van der Waals surface area contributed by atoms with Gasteiger partial charge in [0.1, 0.15) is 0 Å². The number of carbonyl (C=O) groups is 2. The van der Waals surface area contributed by atoms with Gasteiger partial charge < -0.3 is 5.32 Å². The summed E-state index contributed by atoms with van der Waals surface area (Å²) >= 11 is 2.16. The number of carbonyl (C=O) groups excluding carboxylic acids is 2. The van der Waals surface area contributed by atoms with Crippen molar-refractivity contribution in [1.82, 2.24) is 10.2 Å². The van der Waals surface area contributed by atoms with Gasteiger partial charge in [-0.15, -0.1) is 10.2 Å². The van der Waals surface area contributed by atoms with Gasteiger partial charge in [-0.25, -0.2) is 0 Å². The van der Waals surface area contributed by atoms with Crippen LogP contribution in [-0.4, -0.2) is 27.8 Å². The van der Waals surface area contributed by atoms with E-state index in [2.05, 4.69) is 20.8 Å². The SMILES string of the molecule is Cc1ccc(NC(=O)CSc2nnc(NC(=O)c3cccc(C(F)(F)F)c3)s2)cc1. The zero-order valence-corrected chi connectivity index (χ0v) is 17.1. The van der Waals surface area contributed by atoms with Gasteiger partial charge in [0.25, 0.3) is 5.91 Å². The van der Waals surface area contributed by atoms with Crippen molar-refractivity contribution in [3.63, 3.8) is 0 Å². The Bertz CT molecular complexity index is 1050. The molecule has 0 saturated heterocycles. The number of hydrogen-bond acceptors (Lipinski definition) is 6. The molecule has 3 rings (SSSR count). The molecule has 11 heteroatoms. The number of aryl methyl sites for hydroxylation is 1. The average Bonchev–Trinajstić information content (AvgIpc) is 3.15. The highest BCUT2D eigenvalue weighted by molar-refractivity contribution is 8.01. The summed E-state index contributed by atoms with van der Waals surface area (Å²) in [7, 11) is 0. The Labute approximate surface area is 177 Å². The molecule has 30 heavy (non-hydrogen) atoms. The van der Waals surface area contributed by atoms with E-state index in [-0.39, 0.29) is 22.4 Å². The highest BCUT2D eigenvalue weighted by atomic mass is 32.2. The minimum atomic E-state index is -4.54. The number of rotatable bonds is 6. The van der Waals surface area contributed by atoms with Gasteiger partial charge in [-0.3, -0.25) is 14.9 Å². The number of alkyl halides is 3. The van der Waals surface area contributed by atoms with E-state index in [1.807, 2.05) is 19.1 Å². The lowest BCUT2D eigenvalue weighted by Gasteiger charge is -2.08. The normalized spacial score (nSPS) is 11.2. The lowest BCUT2D eigenvalue weighted by atomic mass is 10.1. The second kappa shape index (κ2) is 9.26. The van der Waals surface area contributed by atoms with Gasteiger partial charge in [-0.05, 0) is 37.3 Å². The first-order valence-corrected chi connectivity index (χ1v) is 10.3. The first-order valence-electron chi connectivity index (χ1n) is 8.52. The zero-order chi connectivity index (χ0) is 21.7. The molecule has 0 atom stereocenters. The van der Waals surface area contributed by atoms with Crippen LogP contribution in [0.25, 0.3) is 0 Å². The monoisotopic (exact) mass is 452 g/mol. The first kappa shape index (κ1) is 21.8. The van der Waals surface area contributed by atoms with Crippen LogP contribution in [0.5, 0.6) is 0 Å². The summed E-state index contributed by atoms with van der Waals surface area (Å²) < 4.78 is 38.8. The molecule has 0 spiro atoms. The summed E-state index contributed by atoms with van der Waals surface area (Å²) in [5, 5.41) is 12.9. The molecular formula is C19H15F3N4O2S2. The van der Waals surface area contributed by atoms with Crippen molar-refractivity contribution in [3.05, 3.63) is 65.2 Å². The average molecular weight is 452 g/mol. The Hall–Kier alpha value is -2.92. The Kier molecular flexibility index (Phi) is 6.73. The van der Waals surface area contributed by atoms with Crippen LogP contribution in [0.4, 0.5) is 24.0 Å². The van der Waals surface area contributed by atoms with Crippen molar-refractivity contribution < 1.29 is 22.8 Å². The van der Waals surface area contributed by atoms with Crippen LogP contribution in [0, 0.1) is 6.92 Å². The molecule has 0 bridgehead atoms. The Balaban J connectivity index is 1.54.